The summed E-state index contributed by atoms with van der Waals surface area (Å²) in [6.45, 7) is 6.91. The zero-order valence-electron chi connectivity index (χ0n) is 10.7. The molecule has 1 aliphatic rings. The number of para-hydroxylation sites is 1. The van der Waals surface area contributed by atoms with Crippen molar-refractivity contribution in [3.05, 3.63) is 66.3 Å². The van der Waals surface area contributed by atoms with Crippen LogP contribution in [0.3, 0.4) is 0 Å². The van der Waals surface area contributed by atoms with Crippen molar-refractivity contribution in [3.8, 4) is 0 Å². The van der Waals surface area contributed by atoms with Crippen LogP contribution in [0.5, 0.6) is 0 Å². The van der Waals surface area contributed by atoms with Crippen LogP contribution in [-0.4, -0.2) is 12.4 Å². The van der Waals surface area contributed by atoms with Crippen LogP contribution in [0.15, 0.2) is 66.3 Å². The minimum absolute atomic E-state index is 0.692. The van der Waals surface area contributed by atoms with E-state index in [2.05, 4.69) is 42.0 Å². The van der Waals surface area contributed by atoms with Gasteiger partial charge in [-0.1, -0.05) is 37.8 Å². The second-order valence-corrected chi connectivity index (χ2v) is 4.24. The van der Waals surface area contributed by atoms with Gasteiger partial charge in [0, 0.05) is 17.3 Å². The first-order valence-corrected chi connectivity index (χ1v) is 6.27. The largest absolute Gasteiger partial charge is 0.331 e. The van der Waals surface area contributed by atoms with Crippen LogP contribution in [0.2, 0.25) is 0 Å². The Bertz CT molecular complexity index is 507. The fourth-order valence-electron chi connectivity index (χ4n) is 1.84. The van der Waals surface area contributed by atoms with E-state index in [-0.39, 0.29) is 0 Å². The van der Waals surface area contributed by atoms with Gasteiger partial charge in [0.05, 0.1) is 0 Å². The number of rotatable bonds is 4. The summed E-state index contributed by atoms with van der Waals surface area (Å²) in [7, 11) is 0. The molecule has 2 N–H and O–H groups in total. The van der Waals surface area contributed by atoms with Gasteiger partial charge < -0.3 is 5.32 Å². The van der Waals surface area contributed by atoms with Crippen molar-refractivity contribution < 1.29 is 4.99 Å². The lowest BCUT2D eigenvalue weighted by Gasteiger charge is -2.06. The lowest BCUT2D eigenvalue weighted by molar-refractivity contribution is -0.448. The summed E-state index contributed by atoms with van der Waals surface area (Å²) < 4.78 is 0. The number of nitrogens with one attached hydrogen (secondary N) is 2. The topological polar surface area (TPSA) is 26.0 Å². The van der Waals surface area contributed by atoms with Gasteiger partial charge in [-0.15, -0.1) is 0 Å². The van der Waals surface area contributed by atoms with Gasteiger partial charge in [0.15, 0.2) is 0 Å². The average molecular weight is 239 g/mol. The Morgan fingerprint density at radius 1 is 1.17 bits per heavy atom. The molecule has 2 rings (SSSR count). The van der Waals surface area contributed by atoms with Crippen LogP contribution in [0.25, 0.3) is 0 Å². The molecule has 1 aromatic carbocycles. The summed E-state index contributed by atoms with van der Waals surface area (Å²) >= 11 is 0. The first kappa shape index (κ1) is 12.4. The van der Waals surface area contributed by atoms with E-state index >= 15 is 0 Å². The molecule has 0 unspecified atom stereocenters. The molecule has 2 heteroatoms. The molecule has 92 valence electrons. The van der Waals surface area contributed by atoms with Crippen molar-refractivity contribution in [1.29, 1.82) is 0 Å². The van der Waals surface area contributed by atoms with E-state index in [1.165, 1.54) is 5.57 Å². The summed E-state index contributed by atoms with van der Waals surface area (Å²) in [6.07, 6.45) is 7.41. The Kier molecular flexibility index (Phi) is 4.13. The van der Waals surface area contributed by atoms with Gasteiger partial charge in [-0.25, -0.2) is 4.99 Å². The van der Waals surface area contributed by atoms with Crippen molar-refractivity contribution in [2.45, 2.75) is 13.3 Å². The molecular formula is C16H19N2+. The van der Waals surface area contributed by atoms with Crippen LogP contribution >= 0.6 is 0 Å². The average Bonchev–Trinajstić information content (AvgIpc) is 2.42. The highest BCUT2D eigenvalue weighted by molar-refractivity contribution is 6.07. The Morgan fingerprint density at radius 2 is 1.94 bits per heavy atom. The zero-order valence-corrected chi connectivity index (χ0v) is 10.7. The van der Waals surface area contributed by atoms with Gasteiger partial charge in [-0.2, -0.15) is 0 Å². The third-order valence-electron chi connectivity index (χ3n) is 2.92. The summed E-state index contributed by atoms with van der Waals surface area (Å²) in [5.41, 5.74) is 4.56. The molecule has 0 radical (unpaired) electrons. The number of hydrogen-bond acceptors (Lipinski definition) is 1. The highest BCUT2D eigenvalue weighted by Crippen LogP contribution is 2.12. The van der Waals surface area contributed by atoms with E-state index in [0.717, 1.165) is 23.4 Å². The number of hydrogen-bond donors (Lipinski definition) is 2. The molecule has 0 atom stereocenters. The highest BCUT2D eigenvalue weighted by atomic mass is 15.0. The van der Waals surface area contributed by atoms with Crippen LogP contribution in [0.1, 0.15) is 13.3 Å². The lowest BCUT2D eigenvalue weighted by Crippen LogP contribution is -2.75. The molecule has 1 aliphatic carbocycles. The maximum absolute atomic E-state index is 4.06. The summed E-state index contributed by atoms with van der Waals surface area (Å²) in [5.74, 6) is 0. The third-order valence-corrected chi connectivity index (χ3v) is 2.92. The number of allylic oxidation sites excluding steroid dienone is 5. The fraction of sp³-hybridized carbons (Fsp3) is 0.188. The summed E-state index contributed by atoms with van der Waals surface area (Å²) in [5, 5.41) is 3.31. The van der Waals surface area contributed by atoms with Crippen molar-refractivity contribution in [3.63, 3.8) is 0 Å². The second-order valence-electron chi connectivity index (χ2n) is 4.24. The smallest absolute Gasteiger partial charge is 0.214 e. The fourth-order valence-corrected chi connectivity index (χ4v) is 1.84. The monoisotopic (exact) mass is 239 g/mol. The van der Waals surface area contributed by atoms with E-state index in [1.807, 2.05) is 30.3 Å². The highest BCUT2D eigenvalue weighted by Gasteiger charge is 2.09. The standard InChI is InChI=1S/C16H18N2/c1-3-14-9-10-16(13(2)11-14)18-12-17-15-7-5-4-6-8-15/h4-11,17H,2-3,12H2,1H3/p+1/b18-16+. The van der Waals surface area contributed by atoms with Crippen molar-refractivity contribution in [2.24, 2.45) is 0 Å². The van der Waals surface area contributed by atoms with E-state index in [0.29, 0.717) is 6.67 Å². The molecule has 2 nitrogen and oxygen atoms in total. The normalized spacial score (nSPS) is 16.8. The van der Waals surface area contributed by atoms with Crippen molar-refractivity contribution >= 4 is 11.4 Å². The zero-order chi connectivity index (χ0) is 12.8. The van der Waals surface area contributed by atoms with Crippen molar-refractivity contribution in [1.82, 2.24) is 0 Å². The van der Waals surface area contributed by atoms with E-state index in [4.69, 9.17) is 0 Å². The lowest BCUT2D eigenvalue weighted by atomic mass is 10.00. The maximum Gasteiger partial charge on any atom is 0.214 e. The molecule has 0 fully saturated rings. The molecule has 0 saturated heterocycles. The minimum atomic E-state index is 0.692. The minimum Gasteiger partial charge on any atom is -0.331 e. The SMILES string of the molecule is C=C1C=C(CC)C=C/C1=[NH+]\CNc1ccccc1. The molecule has 0 aliphatic heterocycles. The number of benzene rings is 1. The van der Waals surface area contributed by atoms with Gasteiger partial charge >= 0.3 is 0 Å². The third kappa shape index (κ3) is 3.20. The summed E-state index contributed by atoms with van der Waals surface area (Å²) in [4.78, 5) is 3.34. The molecule has 0 heterocycles. The quantitative estimate of drug-likeness (QED) is 0.773. The Morgan fingerprint density at radius 3 is 2.61 bits per heavy atom. The van der Waals surface area contributed by atoms with Crippen LogP contribution in [0.4, 0.5) is 5.69 Å². The molecule has 0 spiro atoms. The van der Waals surface area contributed by atoms with E-state index in [1.54, 1.807) is 0 Å². The maximum atomic E-state index is 4.06. The number of anilines is 1. The van der Waals surface area contributed by atoms with Gasteiger partial charge in [-0.3, -0.25) is 0 Å². The molecule has 0 saturated carbocycles. The first-order chi connectivity index (χ1) is 8.79. The molecular weight excluding hydrogens is 220 g/mol. The predicted octanol–water partition coefficient (Wildman–Crippen LogP) is 2.04. The Hall–Kier alpha value is -2.09. The van der Waals surface area contributed by atoms with E-state index < -0.39 is 0 Å². The first-order valence-electron chi connectivity index (χ1n) is 6.27. The van der Waals surface area contributed by atoms with Crippen LogP contribution < -0.4 is 10.3 Å². The van der Waals surface area contributed by atoms with Crippen molar-refractivity contribution in [2.75, 3.05) is 12.0 Å². The van der Waals surface area contributed by atoms with E-state index in [9.17, 15) is 0 Å². The second kappa shape index (κ2) is 6.01. The Labute approximate surface area is 108 Å². The molecule has 0 amide bonds. The Balaban J connectivity index is 1.94. The van der Waals surface area contributed by atoms with Crippen LogP contribution in [-0.2, 0) is 0 Å². The van der Waals surface area contributed by atoms with Gasteiger partial charge in [-0.05, 0) is 30.2 Å². The summed E-state index contributed by atoms with van der Waals surface area (Å²) in [6, 6.07) is 10.1. The van der Waals surface area contributed by atoms with Gasteiger partial charge in [0.1, 0.15) is 0 Å². The molecule has 0 aromatic heterocycles. The predicted molar refractivity (Wildman–Crippen MR) is 77.6 cm³/mol. The molecule has 1 aromatic rings. The molecule has 0 bridgehead atoms. The molecule has 18 heavy (non-hydrogen) atoms. The van der Waals surface area contributed by atoms with Gasteiger partial charge in [0.2, 0.25) is 12.4 Å². The van der Waals surface area contributed by atoms with Crippen LogP contribution in [0, 0.1) is 0 Å². The van der Waals surface area contributed by atoms with Gasteiger partial charge in [0.25, 0.3) is 0 Å².